The van der Waals surface area contributed by atoms with Crippen LogP contribution in [0.5, 0.6) is 0 Å². The third-order valence-electron chi connectivity index (χ3n) is 5.79. The van der Waals surface area contributed by atoms with Gasteiger partial charge in [-0.2, -0.15) is 18.2 Å². The minimum Gasteiger partial charge on any atom is -0.368 e. The van der Waals surface area contributed by atoms with Gasteiger partial charge >= 0.3 is 6.18 Å². The van der Waals surface area contributed by atoms with Crippen molar-refractivity contribution in [2.75, 3.05) is 0 Å². The van der Waals surface area contributed by atoms with Crippen molar-refractivity contribution >= 4 is 11.9 Å². The molecule has 0 saturated heterocycles. The lowest BCUT2D eigenvalue weighted by atomic mass is 9.88. The number of nitrogens with two attached hydrogens (primary N) is 1. The van der Waals surface area contributed by atoms with Crippen LogP contribution in [0.3, 0.4) is 0 Å². The van der Waals surface area contributed by atoms with Gasteiger partial charge in [0.15, 0.2) is 11.5 Å². The first-order valence-electron chi connectivity index (χ1n) is 9.58. The van der Waals surface area contributed by atoms with Gasteiger partial charge in [-0.05, 0) is 50.5 Å². The van der Waals surface area contributed by atoms with Gasteiger partial charge in [0.25, 0.3) is 0 Å². The molecule has 1 aliphatic heterocycles. The van der Waals surface area contributed by atoms with Gasteiger partial charge < -0.3 is 16.4 Å². The molecule has 0 spiro atoms. The number of aromatic nitrogens is 2. The number of aliphatic imine (C=N–C) groups is 2. The summed E-state index contributed by atoms with van der Waals surface area (Å²) in [7, 11) is 0. The molecule has 4 rings (SSSR count). The highest BCUT2D eigenvalue weighted by Crippen LogP contribution is 2.46. The maximum Gasteiger partial charge on any atom is 0.433 e. The van der Waals surface area contributed by atoms with Gasteiger partial charge in [0, 0.05) is 18.2 Å². The van der Waals surface area contributed by atoms with E-state index < -0.39 is 17.5 Å². The van der Waals surface area contributed by atoms with Crippen molar-refractivity contribution in [2.45, 2.75) is 57.4 Å². The standard InChI is InChI=1S/C18H24F3N7/c1-9(11-3-4-11)17(14-23-8-7-13(25-14)18(19,20)21)27-15(22)26-16(28-17)24-10(2)12-5-6-12/h7-12H,3-6H2,1-2H3,(H4,22,24,26,27,28)/t9-,10-,17?/m1/s1. The zero-order valence-corrected chi connectivity index (χ0v) is 15.8. The second kappa shape index (κ2) is 6.59. The molecule has 0 amide bonds. The number of nitrogens with one attached hydrogen (secondary N) is 2. The zero-order valence-electron chi connectivity index (χ0n) is 15.8. The van der Waals surface area contributed by atoms with E-state index in [1.54, 1.807) is 0 Å². The van der Waals surface area contributed by atoms with Crippen molar-refractivity contribution in [2.24, 2.45) is 33.5 Å². The van der Waals surface area contributed by atoms with E-state index in [-0.39, 0.29) is 23.7 Å². The fourth-order valence-corrected chi connectivity index (χ4v) is 3.72. The highest BCUT2D eigenvalue weighted by atomic mass is 19.4. The van der Waals surface area contributed by atoms with Crippen molar-refractivity contribution < 1.29 is 13.2 Å². The van der Waals surface area contributed by atoms with E-state index >= 15 is 0 Å². The topological polar surface area (TPSA) is 101 Å². The maximum atomic E-state index is 13.2. The number of hydrogen-bond acceptors (Lipinski definition) is 7. The van der Waals surface area contributed by atoms with Crippen LogP contribution in [0.15, 0.2) is 22.2 Å². The van der Waals surface area contributed by atoms with Crippen LogP contribution in [0.4, 0.5) is 13.2 Å². The van der Waals surface area contributed by atoms with Crippen LogP contribution in [0, 0.1) is 17.8 Å². The van der Waals surface area contributed by atoms with E-state index in [0.717, 1.165) is 37.9 Å². The van der Waals surface area contributed by atoms with Crippen LogP contribution < -0.4 is 16.4 Å². The summed E-state index contributed by atoms with van der Waals surface area (Å²) >= 11 is 0. The van der Waals surface area contributed by atoms with Gasteiger partial charge in [-0.3, -0.25) is 0 Å². The van der Waals surface area contributed by atoms with Crippen molar-refractivity contribution in [1.29, 1.82) is 0 Å². The lowest BCUT2D eigenvalue weighted by Crippen LogP contribution is -2.59. The Balaban J connectivity index is 1.72. The summed E-state index contributed by atoms with van der Waals surface area (Å²) in [6.07, 6.45) is 0.804. The second-order valence-corrected chi connectivity index (χ2v) is 7.98. The molecule has 2 saturated carbocycles. The molecule has 28 heavy (non-hydrogen) atoms. The molecule has 2 fully saturated rings. The molecule has 3 atom stereocenters. The first-order valence-corrected chi connectivity index (χ1v) is 9.58. The lowest BCUT2D eigenvalue weighted by Gasteiger charge is -2.39. The van der Waals surface area contributed by atoms with Crippen LogP contribution >= 0.6 is 0 Å². The molecular formula is C18H24F3N7. The van der Waals surface area contributed by atoms with Crippen LogP contribution in [-0.4, -0.2) is 27.9 Å². The van der Waals surface area contributed by atoms with E-state index in [2.05, 4.69) is 37.5 Å². The number of guanidine groups is 2. The molecular weight excluding hydrogens is 371 g/mol. The molecule has 0 aromatic carbocycles. The summed E-state index contributed by atoms with van der Waals surface area (Å²) in [5.74, 6) is 1.07. The highest BCUT2D eigenvalue weighted by Gasteiger charge is 2.50. The average Bonchev–Trinajstić information content (AvgIpc) is 3.52. The van der Waals surface area contributed by atoms with Gasteiger partial charge in [-0.15, -0.1) is 0 Å². The molecule has 4 N–H and O–H groups in total. The third kappa shape index (κ3) is 3.64. The number of alkyl halides is 3. The molecule has 0 radical (unpaired) electrons. The zero-order chi connectivity index (χ0) is 20.1. The Morgan fingerprint density at radius 2 is 1.89 bits per heavy atom. The van der Waals surface area contributed by atoms with Crippen molar-refractivity contribution in [3.63, 3.8) is 0 Å². The van der Waals surface area contributed by atoms with Crippen molar-refractivity contribution in [3.8, 4) is 0 Å². The Hall–Kier alpha value is -2.39. The summed E-state index contributed by atoms with van der Waals surface area (Å²) in [6, 6.07) is 1.03. The number of nitrogens with zero attached hydrogens (tertiary/aromatic N) is 4. The van der Waals surface area contributed by atoms with E-state index in [4.69, 9.17) is 5.73 Å². The molecule has 1 aromatic heterocycles. The van der Waals surface area contributed by atoms with Gasteiger partial charge in [-0.1, -0.05) is 6.92 Å². The largest absolute Gasteiger partial charge is 0.433 e. The molecule has 1 aromatic rings. The summed E-state index contributed by atoms with van der Waals surface area (Å²) < 4.78 is 39.7. The monoisotopic (exact) mass is 395 g/mol. The molecule has 2 heterocycles. The Labute approximate surface area is 161 Å². The predicted octanol–water partition coefficient (Wildman–Crippen LogP) is 2.36. The number of hydrogen-bond donors (Lipinski definition) is 3. The smallest absolute Gasteiger partial charge is 0.368 e. The van der Waals surface area contributed by atoms with E-state index in [1.165, 1.54) is 0 Å². The van der Waals surface area contributed by atoms with Crippen LogP contribution in [0.25, 0.3) is 0 Å². The fourth-order valence-electron chi connectivity index (χ4n) is 3.72. The van der Waals surface area contributed by atoms with Crippen LogP contribution in [0.1, 0.15) is 51.0 Å². The second-order valence-electron chi connectivity index (χ2n) is 7.98. The van der Waals surface area contributed by atoms with E-state index in [1.807, 2.05) is 6.92 Å². The van der Waals surface area contributed by atoms with Gasteiger partial charge in [0.2, 0.25) is 11.9 Å². The molecule has 7 nitrogen and oxygen atoms in total. The van der Waals surface area contributed by atoms with Gasteiger partial charge in [-0.25, -0.2) is 15.0 Å². The first kappa shape index (κ1) is 18.9. The maximum absolute atomic E-state index is 13.2. The van der Waals surface area contributed by atoms with E-state index in [9.17, 15) is 13.2 Å². The summed E-state index contributed by atoms with van der Waals surface area (Å²) in [6.45, 7) is 3.99. The SMILES string of the molecule is C[C@H](C1CC1)C1(c2nccc(C(F)(F)F)n2)N=C(N)N=C(N[C@H](C)C2CC2)N1. The Morgan fingerprint density at radius 1 is 1.21 bits per heavy atom. The third-order valence-corrected chi connectivity index (χ3v) is 5.79. The van der Waals surface area contributed by atoms with Crippen molar-refractivity contribution in [3.05, 3.63) is 23.8 Å². The molecule has 0 bridgehead atoms. The van der Waals surface area contributed by atoms with Crippen LogP contribution in [-0.2, 0) is 11.8 Å². The minimum atomic E-state index is -4.57. The minimum absolute atomic E-state index is 0.00208. The van der Waals surface area contributed by atoms with Crippen molar-refractivity contribution in [1.82, 2.24) is 20.6 Å². The molecule has 1 unspecified atom stereocenters. The highest BCUT2D eigenvalue weighted by molar-refractivity contribution is 5.96. The number of rotatable bonds is 5. The Kier molecular flexibility index (Phi) is 4.46. The summed E-state index contributed by atoms with van der Waals surface area (Å²) in [4.78, 5) is 16.7. The first-order chi connectivity index (χ1) is 13.2. The average molecular weight is 395 g/mol. The molecule has 2 aliphatic carbocycles. The normalized spacial score (nSPS) is 27.3. The molecule has 152 valence electrons. The summed E-state index contributed by atoms with van der Waals surface area (Å²) in [5, 5.41) is 6.50. The van der Waals surface area contributed by atoms with E-state index in [0.29, 0.717) is 17.8 Å². The number of halogens is 3. The predicted molar refractivity (Wildman–Crippen MR) is 98.1 cm³/mol. The molecule has 10 heteroatoms. The quantitative estimate of drug-likeness (QED) is 0.711. The van der Waals surface area contributed by atoms with Gasteiger partial charge in [0.05, 0.1) is 0 Å². The van der Waals surface area contributed by atoms with Gasteiger partial charge in [0.1, 0.15) is 5.69 Å². The molecule has 3 aliphatic rings. The fraction of sp³-hybridized carbons (Fsp3) is 0.667. The summed E-state index contributed by atoms with van der Waals surface area (Å²) in [5.41, 5.74) is 3.70. The van der Waals surface area contributed by atoms with Crippen LogP contribution in [0.2, 0.25) is 0 Å². The Morgan fingerprint density at radius 3 is 2.50 bits per heavy atom. The lowest BCUT2D eigenvalue weighted by molar-refractivity contribution is -0.141. The Bertz CT molecular complexity index is 814.